The Morgan fingerprint density at radius 1 is 1.30 bits per heavy atom. The number of carbonyl (C=O) groups excluding carboxylic acids is 1. The Bertz CT molecular complexity index is 771. The number of sulfonamides is 1. The quantitative estimate of drug-likeness (QED) is 0.786. The Morgan fingerprint density at radius 2 is 2.09 bits per heavy atom. The van der Waals surface area contributed by atoms with Gasteiger partial charge in [0.1, 0.15) is 0 Å². The second-order valence-electron chi connectivity index (χ2n) is 4.81. The molecular weight excluding hydrogens is 352 g/mol. The van der Waals surface area contributed by atoms with E-state index in [4.69, 9.17) is 0 Å². The predicted molar refractivity (Wildman–Crippen MR) is 96.5 cm³/mol. The summed E-state index contributed by atoms with van der Waals surface area (Å²) in [7, 11) is -2.18. The highest BCUT2D eigenvalue weighted by Crippen LogP contribution is 2.21. The number of carbonyl (C=O) groups is 1. The standard InChI is InChI=1S/C15H18N2O3S3/c1-11-5-6-12(8-14(11)23(19,20)16-2)17-15(18)10-21-9-13-4-3-7-22-13/h3-8,16H,9-10H2,1-2H3,(H,17,18). The Balaban J connectivity index is 1.97. The second kappa shape index (κ2) is 7.96. The van der Waals surface area contributed by atoms with Gasteiger partial charge < -0.3 is 5.32 Å². The molecule has 1 aromatic heterocycles. The van der Waals surface area contributed by atoms with Crippen LogP contribution in [-0.2, 0) is 20.6 Å². The molecule has 0 unspecified atom stereocenters. The molecular formula is C15H18N2O3S3. The van der Waals surface area contributed by atoms with Gasteiger partial charge in [-0.25, -0.2) is 13.1 Å². The zero-order valence-corrected chi connectivity index (χ0v) is 15.3. The van der Waals surface area contributed by atoms with Crippen molar-refractivity contribution in [2.75, 3.05) is 18.1 Å². The highest BCUT2D eigenvalue weighted by Gasteiger charge is 2.15. The Labute approximate surface area is 144 Å². The molecule has 0 bridgehead atoms. The SMILES string of the molecule is CNS(=O)(=O)c1cc(NC(=O)CSCc2cccs2)ccc1C. The first kappa shape index (κ1) is 18.0. The van der Waals surface area contributed by atoms with Gasteiger partial charge in [-0.3, -0.25) is 4.79 Å². The van der Waals surface area contributed by atoms with Crippen LogP contribution in [0.25, 0.3) is 0 Å². The largest absolute Gasteiger partial charge is 0.325 e. The zero-order chi connectivity index (χ0) is 16.9. The summed E-state index contributed by atoms with van der Waals surface area (Å²) >= 11 is 3.18. The van der Waals surface area contributed by atoms with Crippen LogP contribution < -0.4 is 10.0 Å². The normalized spacial score (nSPS) is 11.4. The van der Waals surface area contributed by atoms with E-state index in [1.54, 1.807) is 30.4 Å². The lowest BCUT2D eigenvalue weighted by Crippen LogP contribution is -2.20. The highest BCUT2D eigenvalue weighted by molar-refractivity contribution is 7.99. The number of benzene rings is 1. The fourth-order valence-corrected chi connectivity index (χ4v) is 4.58. The topological polar surface area (TPSA) is 75.3 Å². The molecule has 2 aromatic rings. The Hall–Kier alpha value is -1.35. The van der Waals surface area contributed by atoms with E-state index in [9.17, 15) is 13.2 Å². The number of nitrogens with one attached hydrogen (secondary N) is 2. The summed E-state index contributed by atoms with van der Waals surface area (Å²) < 4.78 is 26.2. The minimum Gasteiger partial charge on any atom is -0.325 e. The lowest BCUT2D eigenvalue weighted by atomic mass is 10.2. The number of aryl methyl sites for hydroxylation is 1. The van der Waals surface area contributed by atoms with E-state index >= 15 is 0 Å². The second-order valence-corrected chi connectivity index (χ2v) is 8.68. The average Bonchev–Trinajstić information content (AvgIpc) is 3.02. The number of anilines is 1. The molecule has 1 amide bonds. The van der Waals surface area contributed by atoms with E-state index < -0.39 is 10.0 Å². The van der Waals surface area contributed by atoms with Crippen molar-refractivity contribution in [2.24, 2.45) is 0 Å². The summed E-state index contributed by atoms with van der Waals surface area (Å²) in [5.41, 5.74) is 1.11. The molecule has 5 nitrogen and oxygen atoms in total. The number of hydrogen-bond donors (Lipinski definition) is 2. The molecule has 2 rings (SSSR count). The molecule has 0 aliphatic rings. The van der Waals surface area contributed by atoms with Crippen LogP contribution in [0, 0.1) is 6.92 Å². The van der Waals surface area contributed by atoms with E-state index in [-0.39, 0.29) is 10.8 Å². The van der Waals surface area contributed by atoms with Gasteiger partial charge in [-0.05, 0) is 43.1 Å². The van der Waals surface area contributed by atoms with Crippen LogP contribution in [0.5, 0.6) is 0 Å². The maximum atomic E-state index is 12.0. The first-order valence-electron chi connectivity index (χ1n) is 6.86. The van der Waals surface area contributed by atoms with Crippen LogP contribution in [0.3, 0.4) is 0 Å². The molecule has 0 saturated carbocycles. The van der Waals surface area contributed by atoms with Gasteiger partial charge in [0.05, 0.1) is 10.6 Å². The van der Waals surface area contributed by atoms with Crippen LogP contribution in [-0.4, -0.2) is 27.1 Å². The summed E-state index contributed by atoms with van der Waals surface area (Å²) in [4.78, 5) is 13.4. The maximum Gasteiger partial charge on any atom is 0.240 e. The smallest absolute Gasteiger partial charge is 0.240 e. The molecule has 2 N–H and O–H groups in total. The predicted octanol–water partition coefficient (Wildman–Crippen LogP) is 2.84. The Kier molecular flexibility index (Phi) is 6.23. The van der Waals surface area contributed by atoms with Crippen molar-refractivity contribution in [3.63, 3.8) is 0 Å². The third kappa shape index (κ3) is 5.07. The van der Waals surface area contributed by atoms with Gasteiger partial charge in [0.2, 0.25) is 15.9 Å². The summed E-state index contributed by atoms with van der Waals surface area (Å²) in [5, 5.41) is 4.74. The first-order valence-corrected chi connectivity index (χ1v) is 10.4. The molecule has 124 valence electrons. The number of thioether (sulfide) groups is 1. The fraction of sp³-hybridized carbons (Fsp3) is 0.267. The lowest BCUT2D eigenvalue weighted by molar-refractivity contribution is -0.113. The van der Waals surface area contributed by atoms with Gasteiger partial charge in [0, 0.05) is 16.3 Å². The van der Waals surface area contributed by atoms with Crippen molar-refractivity contribution in [3.8, 4) is 0 Å². The van der Waals surface area contributed by atoms with E-state index in [0.717, 1.165) is 5.75 Å². The lowest BCUT2D eigenvalue weighted by Gasteiger charge is -2.10. The van der Waals surface area contributed by atoms with Crippen molar-refractivity contribution in [2.45, 2.75) is 17.6 Å². The van der Waals surface area contributed by atoms with E-state index in [1.807, 2.05) is 17.5 Å². The third-order valence-electron chi connectivity index (χ3n) is 3.09. The number of amides is 1. The summed E-state index contributed by atoms with van der Waals surface area (Å²) in [6.45, 7) is 1.71. The fourth-order valence-electron chi connectivity index (χ4n) is 1.91. The molecule has 1 heterocycles. The van der Waals surface area contributed by atoms with Crippen molar-refractivity contribution < 1.29 is 13.2 Å². The molecule has 0 aliphatic heterocycles. The van der Waals surface area contributed by atoms with Crippen molar-refractivity contribution >= 4 is 44.7 Å². The van der Waals surface area contributed by atoms with Gasteiger partial charge >= 0.3 is 0 Å². The number of hydrogen-bond acceptors (Lipinski definition) is 5. The molecule has 0 fully saturated rings. The van der Waals surface area contributed by atoms with Crippen molar-refractivity contribution in [3.05, 3.63) is 46.2 Å². The van der Waals surface area contributed by atoms with Gasteiger partial charge in [-0.15, -0.1) is 23.1 Å². The summed E-state index contributed by atoms with van der Waals surface area (Å²) in [5.74, 6) is 0.960. The number of rotatable bonds is 7. The van der Waals surface area contributed by atoms with E-state index in [0.29, 0.717) is 17.0 Å². The molecule has 0 saturated heterocycles. The van der Waals surface area contributed by atoms with Gasteiger partial charge in [0.15, 0.2) is 0 Å². The Morgan fingerprint density at radius 3 is 2.74 bits per heavy atom. The third-order valence-corrected chi connectivity index (χ3v) is 6.68. The summed E-state index contributed by atoms with van der Waals surface area (Å²) in [6.07, 6.45) is 0. The number of thiophene rings is 1. The first-order chi connectivity index (χ1) is 10.9. The van der Waals surface area contributed by atoms with Gasteiger partial charge in [-0.2, -0.15) is 0 Å². The molecule has 0 radical (unpaired) electrons. The van der Waals surface area contributed by atoms with Crippen molar-refractivity contribution in [1.82, 2.24) is 4.72 Å². The molecule has 0 atom stereocenters. The van der Waals surface area contributed by atoms with Crippen LogP contribution in [0.15, 0.2) is 40.6 Å². The van der Waals surface area contributed by atoms with Gasteiger partial charge in [0.25, 0.3) is 0 Å². The minimum absolute atomic E-state index is 0.150. The highest BCUT2D eigenvalue weighted by atomic mass is 32.2. The molecule has 0 aliphatic carbocycles. The zero-order valence-electron chi connectivity index (χ0n) is 12.8. The molecule has 1 aromatic carbocycles. The van der Waals surface area contributed by atoms with Crippen LogP contribution in [0.1, 0.15) is 10.4 Å². The molecule has 0 spiro atoms. The van der Waals surface area contributed by atoms with E-state index in [2.05, 4.69) is 10.0 Å². The van der Waals surface area contributed by atoms with Crippen molar-refractivity contribution in [1.29, 1.82) is 0 Å². The van der Waals surface area contributed by atoms with E-state index in [1.165, 1.54) is 29.8 Å². The van der Waals surface area contributed by atoms with Crippen LogP contribution in [0.4, 0.5) is 5.69 Å². The minimum atomic E-state index is -3.54. The van der Waals surface area contributed by atoms with Gasteiger partial charge in [-0.1, -0.05) is 12.1 Å². The summed E-state index contributed by atoms with van der Waals surface area (Å²) in [6, 6.07) is 8.87. The van der Waals surface area contributed by atoms with Crippen LogP contribution >= 0.6 is 23.1 Å². The maximum absolute atomic E-state index is 12.0. The average molecular weight is 371 g/mol. The molecule has 8 heteroatoms. The monoisotopic (exact) mass is 370 g/mol. The van der Waals surface area contributed by atoms with Crippen LogP contribution in [0.2, 0.25) is 0 Å². The molecule has 23 heavy (non-hydrogen) atoms.